The molecule has 0 aromatic heterocycles. The van der Waals surface area contributed by atoms with Crippen LogP contribution in [0.3, 0.4) is 0 Å². The van der Waals surface area contributed by atoms with Gasteiger partial charge in [-0.05, 0) is 51.2 Å². The minimum absolute atomic E-state index is 0.0450. The number of nitriles is 1. The number of aliphatic carboxylic acids is 1. The van der Waals surface area contributed by atoms with Crippen molar-refractivity contribution in [3.8, 4) is 17.6 Å². The van der Waals surface area contributed by atoms with E-state index in [1.54, 1.807) is 38.1 Å². The van der Waals surface area contributed by atoms with Gasteiger partial charge in [0.15, 0.2) is 0 Å². The highest BCUT2D eigenvalue weighted by molar-refractivity contribution is 9.09. The molecule has 1 aliphatic rings. The maximum absolute atomic E-state index is 12.5. The fourth-order valence-electron chi connectivity index (χ4n) is 4.41. The summed E-state index contributed by atoms with van der Waals surface area (Å²) in [6.45, 7) is 3.58. The number of rotatable bonds is 8. The molecule has 6 nitrogen and oxygen atoms in total. The Morgan fingerprint density at radius 2 is 1.87 bits per heavy atom. The number of hydrogen-bond acceptors (Lipinski definition) is 5. The van der Waals surface area contributed by atoms with E-state index in [-0.39, 0.29) is 5.52 Å². The lowest BCUT2D eigenvalue weighted by Crippen LogP contribution is -2.28. The van der Waals surface area contributed by atoms with E-state index in [2.05, 4.69) is 22.0 Å². The molecule has 0 radical (unpaired) electrons. The third-order valence-electron chi connectivity index (χ3n) is 5.98. The molecule has 1 aliphatic carbocycles. The third-order valence-corrected chi connectivity index (χ3v) is 6.21. The third kappa shape index (κ3) is 4.08. The van der Waals surface area contributed by atoms with Crippen LogP contribution in [-0.4, -0.2) is 22.6 Å². The number of benzene rings is 2. The van der Waals surface area contributed by atoms with Crippen molar-refractivity contribution >= 4 is 27.9 Å². The topological polar surface area (TPSA) is 96.6 Å². The Morgan fingerprint density at radius 3 is 2.48 bits per heavy atom. The lowest BCUT2D eigenvalue weighted by atomic mass is 9.78. The average Bonchev–Trinajstić information content (AvgIpc) is 3.24. The molecule has 0 saturated heterocycles. The molecule has 160 valence electrons. The molecule has 31 heavy (non-hydrogen) atoms. The SMILES string of the molecule is CC1(C)[C@H](/C=C\C(=O)OCBr)[C@@]1(C(=O)O)[C@@H](C#N)c1cccc(Oc2ccccc2)c1. The second kappa shape index (κ2) is 8.94. The second-order valence-corrected chi connectivity index (χ2v) is 8.31. The van der Waals surface area contributed by atoms with Crippen LogP contribution in [0.15, 0.2) is 66.7 Å². The Balaban J connectivity index is 1.96. The standard InChI is InChI=1S/C24H22BrNO5/c1-23(2)20(11-12-21(27)30-15-25)24(23,22(28)29)19(14-26)16-7-6-10-18(13-16)31-17-8-4-3-5-9-17/h3-13,19-20H,15H2,1-2H3,(H,28,29)/b12-11-/t19-,20-,24+/m0/s1. The number of ether oxygens (including phenoxy) is 2. The number of alkyl halides is 1. The number of hydrogen-bond donors (Lipinski definition) is 1. The summed E-state index contributed by atoms with van der Waals surface area (Å²) >= 11 is 3.01. The van der Waals surface area contributed by atoms with E-state index < -0.39 is 34.6 Å². The van der Waals surface area contributed by atoms with E-state index in [1.807, 2.05) is 30.3 Å². The minimum atomic E-state index is -1.39. The maximum Gasteiger partial charge on any atom is 0.331 e. The summed E-state index contributed by atoms with van der Waals surface area (Å²) in [5.74, 6) is -1.98. The van der Waals surface area contributed by atoms with Gasteiger partial charge in [-0.2, -0.15) is 5.26 Å². The summed E-state index contributed by atoms with van der Waals surface area (Å²) in [6.07, 6.45) is 2.76. The van der Waals surface area contributed by atoms with Crippen molar-refractivity contribution in [3.05, 3.63) is 72.3 Å². The summed E-state index contributed by atoms with van der Waals surface area (Å²) in [6, 6.07) is 18.3. The lowest BCUT2D eigenvalue weighted by Gasteiger charge is -2.22. The first kappa shape index (κ1) is 22.6. The summed E-state index contributed by atoms with van der Waals surface area (Å²) in [7, 11) is 0. The van der Waals surface area contributed by atoms with Crippen LogP contribution >= 0.6 is 15.9 Å². The monoisotopic (exact) mass is 483 g/mol. The summed E-state index contributed by atoms with van der Waals surface area (Å²) in [4.78, 5) is 24.2. The molecule has 7 heteroatoms. The fourth-order valence-corrected chi connectivity index (χ4v) is 4.64. The largest absolute Gasteiger partial charge is 0.481 e. The van der Waals surface area contributed by atoms with Crippen molar-refractivity contribution in [3.63, 3.8) is 0 Å². The molecule has 0 spiro atoms. The van der Waals surface area contributed by atoms with Gasteiger partial charge in [0.2, 0.25) is 0 Å². The molecule has 1 saturated carbocycles. The van der Waals surface area contributed by atoms with Gasteiger partial charge >= 0.3 is 11.9 Å². The molecule has 0 amide bonds. The molecule has 2 aromatic carbocycles. The Labute approximate surface area is 189 Å². The first-order valence-electron chi connectivity index (χ1n) is 9.65. The molecule has 1 fully saturated rings. The number of carbonyl (C=O) groups is 2. The van der Waals surface area contributed by atoms with E-state index >= 15 is 0 Å². The van der Waals surface area contributed by atoms with Crippen LogP contribution in [0.5, 0.6) is 11.5 Å². The van der Waals surface area contributed by atoms with Gasteiger partial charge in [0.25, 0.3) is 0 Å². The van der Waals surface area contributed by atoms with Gasteiger partial charge in [0.05, 0.1) is 12.0 Å². The van der Waals surface area contributed by atoms with Gasteiger partial charge in [-0.3, -0.25) is 4.79 Å². The molecule has 0 heterocycles. The summed E-state index contributed by atoms with van der Waals surface area (Å²) in [5.41, 5.74) is -1.55. The van der Waals surface area contributed by atoms with E-state index in [0.29, 0.717) is 17.1 Å². The van der Waals surface area contributed by atoms with Gasteiger partial charge in [0, 0.05) is 12.0 Å². The number of carboxylic acids is 1. The molecule has 2 aromatic rings. The first-order chi connectivity index (χ1) is 14.8. The van der Waals surface area contributed by atoms with Crippen molar-refractivity contribution in [1.82, 2.24) is 0 Å². The number of halogens is 1. The zero-order valence-electron chi connectivity index (χ0n) is 17.1. The van der Waals surface area contributed by atoms with Crippen molar-refractivity contribution in [2.45, 2.75) is 19.8 Å². The van der Waals surface area contributed by atoms with Gasteiger partial charge in [-0.1, -0.05) is 50.3 Å². The van der Waals surface area contributed by atoms with Crippen LogP contribution in [0.2, 0.25) is 0 Å². The Bertz CT molecular complexity index is 1040. The van der Waals surface area contributed by atoms with E-state index in [4.69, 9.17) is 9.47 Å². The Hall–Kier alpha value is -3.11. The van der Waals surface area contributed by atoms with E-state index in [0.717, 1.165) is 0 Å². The zero-order valence-corrected chi connectivity index (χ0v) is 18.7. The molecule has 1 N–H and O–H groups in total. The Morgan fingerprint density at radius 1 is 1.19 bits per heavy atom. The molecule has 0 aliphatic heterocycles. The average molecular weight is 484 g/mol. The van der Waals surface area contributed by atoms with Crippen molar-refractivity contribution in [2.75, 3.05) is 5.52 Å². The van der Waals surface area contributed by atoms with Crippen LogP contribution in [0.1, 0.15) is 25.3 Å². The van der Waals surface area contributed by atoms with E-state index in [9.17, 15) is 20.0 Å². The van der Waals surface area contributed by atoms with Gasteiger partial charge < -0.3 is 14.6 Å². The zero-order chi connectivity index (χ0) is 22.6. The van der Waals surface area contributed by atoms with Crippen LogP contribution < -0.4 is 4.74 Å². The van der Waals surface area contributed by atoms with E-state index in [1.165, 1.54) is 12.2 Å². The number of nitrogens with zero attached hydrogens (tertiary/aromatic N) is 1. The van der Waals surface area contributed by atoms with Crippen LogP contribution in [0.25, 0.3) is 0 Å². The summed E-state index contributed by atoms with van der Waals surface area (Å²) in [5, 5.41) is 20.2. The normalized spacial score (nSPS) is 22.3. The Kier molecular flexibility index (Phi) is 6.51. The smallest absolute Gasteiger partial charge is 0.331 e. The molecule has 3 atom stereocenters. The fraction of sp³-hybridized carbons (Fsp3) is 0.292. The highest BCUT2D eigenvalue weighted by atomic mass is 79.9. The molecule has 0 bridgehead atoms. The molecule has 0 unspecified atom stereocenters. The molecule has 3 rings (SSSR count). The van der Waals surface area contributed by atoms with Crippen molar-refractivity contribution in [2.24, 2.45) is 16.7 Å². The van der Waals surface area contributed by atoms with Crippen molar-refractivity contribution in [1.29, 1.82) is 5.26 Å². The summed E-state index contributed by atoms with van der Waals surface area (Å²) < 4.78 is 10.7. The van der Waals surface area contributed by atoms with Crippen molar-refractivity contribution < 1.29 is 24.2 Å². The number of esters is 1. The maximum atomic E-state index is 12.5. The number of para-hydroxylation sites is 1. The van der Waals surface area contributed by atoms with Gasteiger partial charge in [-0.25, -0.2) is 4.79 Å². The van der Waals surface area contributed by atoms with Crippen LogP contribution in [-0.2, 0) is 14.3 Å². The highest BCUT2D eigenvalue weighted by Crippen LogP contribution is 2.75. The van der Waals surface area contributed by atoms with Crippen LogP contribution in [0.4, 0.5) is 0 Å². The number of carbonyl (C=O) groups excluding carboxylic acids is 1. The highest BCUT2D eigenvalue weighted by Gasteiger charge is 2.78. The number of allylic oxidation sites excluding steroid dienone is 1. The predicted octanol–water partition coefficient (Wildman–Crippen LogP) is 5.26. The first-order valence-corrected chi connectivity index (χ1v) is 10.8. The minimum Gasteiger partial charge on any atom is -0.481 e. The second-order valence-electron chi connectivity index (χ2n) is 7.85. The number of carboxylic acid groups (broad SMARTS) is 1. The van der Waals surface area contributed by atoms with Gasteiger partial charge in [-0.15, -0.1) is 0 Å². The van der Waals surface area contributed by atoms with Gasteiger partial charge in [0.1, 0.15) is 22.4 Å². The predicted molar refractivity (Wildman–Crippen MR) is 118 cm³/mol. The molecular formula is C24H22BrNO5. The van der Waals surface area contributed by atoms with Crippen LogP contribution in [0, 0.1) is 28.1 Å². The molecular weight excluding hydrogens is 462 g/mol. The lowest BCUT2D eigenvalue weighted by molar-refractivity contribution is -0.145. The quantitative estimate of drug-likeness (QED) is 0.312.